The molecule has 0 aromatic rings. The van der Waals surface area contributed by atoms with Crippen molar-refractivity contribution < 1.29 is 14.6 Å². The molecule has 0 saturated heterocycles. The van der Waals surface area contributed by atoms with Gasteiger partial charge in [-0.05, 0) is 6.92 Å². The van der Waals surface area contributed by atoms with Gasteiger partial charge in [0.2, 0.25) is 0 Å². The van der Waals surface area contributed by atoms with Crippen LogP contribution < -0.4 is 0 Å². The standard InChI is InChI=1S/C7H10O3/c1-4-5(8)3-6(9)7(4)10-2/h6,9H,3H2,1-2H3. The molecule has 1 rings (SSSR count). The number of Topliss-reactive ketones (excluding diaryl/α,β-unsaturated/α-hetero) is 1. The van der Waals surface area contributed by atoms with Crippen molar-refractivity contribution in [3.63, 3.8) is 0 Å². The Morgan fingerprint density at radius 3 is 2.50 bits per heavy atom. The molecule has 0 aromatic carbocycles. The predicted octanol–water partition coefficient (Wildman–Crippen LogP) is 0.240. The number of aliphatic hydroxyl groups is 1. The third-order valence-electron chi connectivity index (χ3n) is 1.69. The van der Waals surface area contributed by atoms with Gasteiger partial charge in [0.25, 0.3) is 0 Å². The second-order valence-electron chi connectivity index (χ2n) is 2.34. The van der Waals surface area contributed by atoms with Crippen LogP contribution in [-0.4, -0.2) is 24.1 Å². The first-order valence-corrected chi connectivity index (χ1v) is 3.13. The van der Waals surface area contributed by atoms with Gasteiger partial charge in [0.15, 0.2) is 5.78 Å². The minimum atomic E-state index is -0.711. The van der Waals surface area contributed by atoms with Gasteiger partial charge in [-0.3, -0.25) is 4.79 Å². The van der Waals surface area contributed by atoms with Crippen LogP contribution in [0.15, 0.2) is 11.3 Å². The van der Waals surface area contributed by atoms with E-state index < -0.39 is 6.10 Å². The highest BCUT2D eigenvalue weighted by molar-refractivity contribution is 5.98. The zero-order chi connectivity index (χ0) is 7.72. The van der Waals surface area contributed by atoms with E-state index in [9.17, 15) is 4.79 Å². The number of ether oxygens (including phenoxy) is 1. The normalized spacial score (nSPS) is 25.9. The lowest BCUT2D eigenvalue weighted by Crippen LogP contribution is -2.06. The first-order chi connectivity index (χ1) is 4.66. The fraction of sp³-hybridized carbons (Fsp3) is 0.571. The van der Waals surface area contributed by atoms with E-state index in [1.807, 2.05) is 0 Å². The number of hydrogen-bond donors (Lipinski definition) is 1. The number of rotatable bonds is 1. The second-order valence-corrected chi connectivity index (χ2v) is 2.34. The number of ketones is 1. The average molecular weight is 142 g/mol. The summed E-state index contributed by atoms with van der Waals surface area (Å²) in [5.74, 6) is 0.398. The summed E-state index contributed by atoms with van der Waals surface area (Å²) in [4.78, 5) is 10.9. The SMILES string of the molecule is COC1=C(C)C(=O)CC1O. The molecule has 1 aliphatic rings. The van der Waals surface area contributed by atoms with Gasteiger partial charge in [-0.1, -0.05) is 0 Å². The molecular formula is C7H10O3. The van der Waals surface area contributed by atoms with E-state index in [0.717, 1.165) is 0 Å². The summed E-state index contributed by atoms with van der Waals surface area (Å²) in [7, 11) is 1.46. The Bertz CT molecular complexity index is 193. The van der Waals surface area contributed by atoms with Crippen LogP contribution in [0.2, 0.25) is 0 Å². The van der Waals surface area contributed by atoms with E-state index in [2.05, 4.69) is 0 Å². The van der Waals surface area contributed by atoms with Gasteiger partial charge in [0.1, 0.15) is 11.9 Å². The van der Waals surface area contributed by atoms with E-state index in [1.54, 1.807) is 6.92 Å². The summed E-state index contributed by atoms with van der Waals surface area (Å²) in [6.07, 6.45) is -0.535. The molecule has 1 unspecified atom stereocenters. The maximum absolute atomic E-state index is 10.9. The van der Waals surface area contributed by atoms with Crippen LogP contribution in [0.25, 0.3) is 0 Å². The van der Waals surface area contributed by atoms with Gasteiger partial charge in [-0.15, -0.1) is 0 Å². The smallest absolute Gasteiger partial charge is 0.165 e. The monoisotopic (exact) mass is 142 g/mol. The molecule has 0 aromatic heterocycles. The van der Waals surface area contributed by atoms with Gasteiger partial charge in [-0.2, -0.15) is 0 Å². The fourth-order valence-corrected chi connectivity index (χ4v) is 1.10. The Kier molecular flexibility index (Phi) is 1.76. The number of aliphatic hydroxyl groups excluding tert-OH is 1. The molecule has 0 fully saturated rings. The predicted molar refractivity (Wildman–Crippen MR) is 35.3 cm³/mol. The first-order valence-electron chi connectivity index (χ1n) is 3.13. The summed E-state index contributed by atoms with van der Waals surface area (Å²) in [6, 6.07) is 0. The highest BCUT2D eigenvalue weighted by atomic mass is 16.5. The van der Waals surface area contributed by atoms with Crippen LogP contribution in [0.4, 0.5) is 0 Å². The molecule has 0 heterocycles. The number of hydrogen-bond acceptors (Lipinski definition) is 3. The Hall–Kier alpha value is -0.830. The zero-order valence-electron chi connectivity index (χ0n) is 6.05. The molecule has 56 valence electrons. The highest BCUT2D eigenvalue weighted by Gasteiger charge is 2.28. The van der Waals surface area contributed by atoms with Crippen LogP contribution >= 0.6 is 0 Å². The minimum absolute atomic E-state index is 0.0237. The number of methoxy groups -OCH3 is 1. The van der Waals surface area contributed by atoms with Gasteiger partial charge in [-0.25, -0.2) is 0 Å². The first kappa shape index (κ1) is 7.28. The largest absolute Gasteiger partial charge is 0.498 e. The highest BCUT2D eigenvalue weighted by Crippen LogP contribution is 2.22. The Balaban J connectivity index is 2.90. The number of carbonyl (C=O) groups excluding carboxylic acids is 1. The molecule has 0 radical (unpaired) electrons. The summed E-state index contributed by atoms with van der Waals surface area (Å²) in [5.41, 5.74) is 0.551. The fourth-order valence-electron chi connectivity index (χ4n) is 1.10. The lowest BCUT2D eigenvalue weighted by Gasteiger charge is -2.04. The van der Waals surface area contributed by atoms with Crippen molar-refractivity contribution >= 4 is 5.78 Å². The van der Waals surface area contributed by atoms with E-state index in [4.69, 9.17) is 9.84 Å². The molecule has 0 aliphatic heterocycles. The molecule has 0 saturated carbocycles. The maximum Gasteiger partial charge on any atom is 0.165 e. The summed E-state index contributed by atoms with van der Waals surface area (Å²) in [5, 5.41) is 9.13. The molecular weight excluding hydrogens is 132 g/mol. The van der Waals surface area contributed by atoms with Crippen molar-refractivity contribution in [3.05, 3.63) is 11.3 Å². The van der Waals surface area contributed by atoms with Crippen molar-refractivity contribution in [2.24, 2.45) is 0 Å². The molecule has 0 amide bonds. The third kappa shape index (κ3) is 0.926. The molecule has 10 heavy (non-hydrogen) atoms. The van der Waals surface area contributed by atoms with Crippen LogP contribution in [0, 0.1) is 0 Å². The van der Waals surface area contributed by atoms with E-state index >= 15 is 0 Å². The molecule has 1 N–H and O–H groups in total. The van der Waals surface area contributed by atoms with E-state index in [0.29, 0.717) is 11.3 Å². The third-order valence-corrected chi connectivity index (χ3v) is 1.69. The van der Waals surface area contributed by atoms with Crippen LogP contribution in [0.1, 0.15) is 13.3 Å². The summed E-state index contributed by atoms with van der Waals surface area (Å²) in [6.45, 7) is 1.66. The van der Waals surface area contributed by atoms with Gasteiger partial charge < -0.3 is 9.84 Å². The van der Waals surface area contributed by atoms with Crippen LogP contribution in [0.5, 0.6) is 0 Å². The number of carbonyl (C=O) groups is 1. The Morgan fingerprint density at radius 2 is 2.30 bits per heavy atom. The molecule has 0 bridgehead atoms. The van der Waals surface area contributed by atoms with Crippen LogP contribution in [-0.2, 0) is 9.53 Å². The van der Waals surface area contributed by atoms with Crippen molar-refractivity contribution in [2.45, 2.75) is 19.4 Å². The topological polar surface area (TPSA) is 46.5 Å². The van der Waals surface area contributed by atoms with Crippen molar-refractivity contribution in [2.75, 3.05) is 7.11 Å². The second kappa shape index (κ2) is 2.42. The van der Waals surface area contributed by atoms with E-state index in [1.165, 1.54) is 7.11 Å². The van der Waals surface area contributed by atoms with Crippen LogP contribution in [0.3, 0.4) is 0 Å². The quantitative estimate of drug-likeness (QED) is 0.570. The summed E-state index contributed by atoms with van der Waals surface area (Å²) < 4.78 is 4.81. The molecule has 0 spiro atoms. The molecule has 3 nitrogen and oxygen atoms in total. The lowest BCUT2D eigenvalue weighted by atomic mass is 10.2. The van der Waals surface area contributed by atoms with Crippen molar-refractivity contribution in [3.8, 4) is 0 Å². The maximum atomic E-state index is 10.9. The zero-order valence-corrected chi connectivity index (χ0v) is 6.05. The molecule has 1 aliphatic carbocycles. The van der Waals surface area contributed by atoms with Crippen molar-refractivity contribution in [1.82, 2.24) is 0 Å². The lowest BCUT2D eigenvalue weighted by molar-refractivity contribution is -0.115. The molecule has 3 heteroatoms. The average Bonchev–Trinajstić information content (AvgIpc) is 2.09. The Labute approximate surface area is 59.3 Å². The Morgan fingerprint density at radius 1 is 1.70 bits per heavy atom. The van der Waals surface area contributed by atoms with Crippen molar-refractivity contribution in [1.29, 1.82) is 0 Å². The molecule has 1 atom stereocenters. The van der Waals surface area contributed by atoms with Gasteiger partial charge in [0, 0.05) is 12.0 Å². The minimum Gasteiger partial charge on any atom is -0.498 e. The van der Waals surface area contributed by atoms with E-state index in [-0.39, 0.29) is 12.2 Å². The van der Waals surface area contributed by atoms with Gasteiger partial charge in [0.05, 0.1) is 7.11 Å². The number of allylic oxidation sites excluding steroid dienone is 1. The van der Waals surface area contributed by atoms with Gasteiger partial charge >= 0.3 is 0 Å². The summed E-state index contributed by atoms with van der Waals surface area (Å²) >= 11 is 0.